The second-order valence-electron chi connectivity index (χ2n) is 5.93. The molecule has 0 aliphatic carbocycles. The number of benzene rings is 1. The first kappa shape index (κ1) is 15.3. The summed E-state index contributed by atoms with van der Waals surface area (Å²) in [7, 11) is 0. The second-order valence-corrected chi connectivity index (χ2v) is 7.16. The maximum atomic E-state index is 11.4. The number of hydrogen-bond acceptors (Lipinski definition) is 6. The zero-order valence-electron chi connectivity index (χ0n) is 13.3. The molecule has 0 spiro atoms. The summed E-state index contributed by atoms with van der Waals surface area (Å²) in [5, 5.41) is 6.21. The molecular formula is C17H19N5OS. The summed E-state index contributed by atoms with van der Waals surface area (Å²) in [5.41, 5.74) is 3.13. The Labute approximate surface area is 145 Å². The van der Waals surface area contributed by atoms with E-state index in [0.29, 0.717) is 13.0 Å². The van der Waals surface area contributed by atoms with Crippen LogP contribution in [0.25, 0.3) is 0 Å². The Morgan fingerprint density at radius 1 is 1.21 bits per heavy atom. The smallest absolute Gasteiger partial charge is 0.228 e. The standard InChI is InChI=1S/C17H19N5OS/c23-17-8-13-7-12(1-2-14(13)21-17)10-18-15-9-16(20-11-19-15)22-3-5-24-6-4-22/h1-2,7,9,11H,3-6,8,10H2,(H,21,23)(H,18,19,20). The van der Waals surface area contributed by atoms with E-state index in [9.17, 15) is 4.79 Å². The van der Waals surface area contributed by atoms with E-state index < -0.39 is 0 Å². The molecule has 4 rings (SSSR count). The van der Waals surface area contributed by atoms with Gasteiger partial charge in [-0.05, 0) is 17.2 Å². The van der Waals surface area contributed by atoms with Crippen molar-refractivity contribution < 1.29 is 4.79 Å². The molecule has 0 unspecified atom stereocenters. The van der Waals surface area contributed by atoms with Gasteiger partial charge in [-0.15, -0.1) is 0 Å². The van der Waals surface area contributed by atoms with E-state index in [1.54, 1.807) is 6.33 Å². The van der Waals surface area contributed by atoms with Crippen molar-refractivity contribution >= 4 is 35.0 Å². The van der Waals surface area contributed by atoms with E-state index in [2.05, 4.69) is 31.6 Å². The van der Waals surface area contributed by atoms with Crippen molar-refractivity contribution in [2.45, 2.75) is 13.0 Å². The summed E-state index contributed by atoms with van der Waals surface area (Å²) >= 11 is 1.99. The van der Waals surface area contributed by atoms with Gasteiger partial charge in [-0.3, -0.25) is 4.79 Å². The number of hydrogen-bond donors (Lipinski definition) is 2. The summed E-state index contributed by atoms with van der Waals surface area (Å²) < 4.78 is 0. The van der Waals surface area contributed by atoms with Crippen molar-refractivity contribution in [1.29, 1.82) is 0 Å². The fourth-order valence-electron chi connectivity index (χ4n) is 2.99. The number of fused-ring (bicyclic) bond motifs is 1. The van der Waals surface area contributed by atoms with Crippen LogP contribution in [0.3, 0.4) is 0 Å². The number of aromatic nitrogens is 2. The minimum atomic E-state index is 0.0650. The molecule has 0 saturated carbocycles. The molecule has 24 heavy (non-hydrogen) atoms. The molecule has 2 aliphatic rings. The minimum absolute atomic E-state index is 0.0650. The van der Waals surface area contributed by atoms with Gasteiger partial charge in [-0.2, -0.15) is 11.8 Å². The summed E-state index contributed by atoms with van der Waals surface area (Å²) in [4.78, 5) is 22.4. The number of nitrogens with one attached hydrogen (secondary N) is 2. The molecule has 2 aromatic rings. The van der Waals surface area contributed by atoms with Crippen molar-refractivity contribution in [1.82, 2.24) is 9.97 Å². The van der Waals surface area contributed by atoms with Gasteiger partial charge in [0.2, 0.25) is 5.91 Å². The van der Waals surface area contributed by atoms with Crippen molar-refractivity contribution in [3.63, 3.8) is 0 Å². The number of thioether (sulfide) groups is 1. The van der Waals surface area contributed by atoms with E-state index in [4.69, 9.17) is 0 Å². The zero-order chi connectivity index (χ0) is 16.4. The van der Waals surface area contributed by atoms with Crippen molar-refractivity contribution in [2.75, 3.05) is 40.1 Å². The Morgan fingerprint density at radius 2 is 2.08 bits per heavy atom. The molecule has 0 radical (unpaired) electrons. The minimum Gasteiger partial charge on any atom is -0.366 e. The zero-order valence-corrected chi connectivity index (χ0v) is 14.1. The van der Waals surface area contributed by atoms with E-state index >= 15 is 0 Å². The van der Waals surface area contributed by atoms with Crippen LogP contribution in [0.2, 0.25) is 0 Å². The average Bonchev–Trinajstić information content (AvgIpc) is 3.00. The van der Waals surface area contributed by atoms with Crippen molar-refractivity contribution in [3.05, 3.63) is 41.7 Å². The number of rotatable bonds is 4. The van der Waals surface area contributed by atoms with Gasteiger partial charge < -0.3 is 15.5 Å². The molecule has 124 valence electrons. The molecule has 1 aromatic carbocycles. The fourth-order valence-corrected chi connectivity index (χ4v) is 3.90. The molecule has 1 fully saturated rings. The monoisotopic (exact) mass is 341 g/mol. The highest BCUT2D eigenvalue weighted by molar-refractivity contribution is 7.99. The molecule has 1 saturated heterocycles. The fraction of sp³-hybridized carbons (Fsp3) is 0.353. The maximum absolute atomic E-state index is 11.4. The number of carbonyl (C=O) groups is 1. The number of amides is 1. The molecule has 2 N–H and O–H groups in total. The molecule has 3 heterocycles. The third kappa shape index (κ3) is 3.31. The number of carbonyl (C=O) groups excluding carboxylic acids is 1. The average molecular weight is 341 g/mol. The van der Waals surface area contributed by atoms with E-state index in [1.165, 1.54) is 0 Å². The van der Waals surface area contributed by atoms with Crippen molar-refractivity contribution in [2.24, 2.45) is 0 Å². The highest BCUT2D eigenvalue weighted by Gasteiger charge is 2.17. The van der Waals surface area contributed by atoms with Gasteiger partial charge >= 0.3 is 0 Å². The normalized spacial score (nSPS) is 16.7. The van der Waals surface area contributed by atoms with Crippen LogP contribution in [-0.2, 0) is 17.8 Å². The predicted octanol–water partition coefficient (Wildman–Crippen LogP) is 2.14. The first-order chi connectivity index (χ1) is 11.8. The highest BCUT2D eigenvalue weighted by atomic mass is 32.2. The Bertz CT molecular complexity index is 760. The van der Waals surface area contributed by atoms with Gasteiger partial charge in [0.05, 0.1) is 6.42 Å². The second kappa shape index (κ2) is 6.68. The van der Waals surface area contributed by atoms with Crippen LogP contribution in [0.4, 0.5) is 17.3 Å². The van der Waals surface area contributed by atoms with Gasteiger partial charge in [0.25, 0.3) is 0 Å². The SMILES string of the molecule is O=C1Cc2cc(CNc3cc(N4CCSCC4)ncn3)ccc2N1. The van der Waals surface area contributed by atoms with E-state index in [1.807, 2.05) is 30.0 Å². The van der Waals surface area contributed by atoms with E-state index in [-0.39, 0.29) is 5.91 Å². The van der Waals surface area contributed by atoms with Gasteiger partial charge in [-0.25, -0.2) is 9.97 Å². The summed E-state index contributed by atoms with van der Waals surface area (Å²) in [6.07, 6.45) is 2.08. The maximum Gasteiger partial charge on any atom is 0.228 e. The summed E-state index contributed by atoms with van der Waals surface area (Å²) in [6, 6.07) is 8.08. The lowest BCUT2D eigenvalue weighted by Gasteiger charge is -2.27. The van der Waals surface area contributed by atoms with Crippen LogP contribution in [0.15, 0.2) is 30.6 Å². The third-order valence-corrected chi connectivity index (χ3v) is 5.20. The number of nitrogens with zero attached hydrogens (tertiary/aromatic N) is 3. The first-order valence-electron chi connectivity index (χ1n) is 8.08. The van der Waals surface area contributed by atoms with Gasteiger partial charge in [-0.1, -0.05) is 12.1 Å². The lowest BCUT2D eigenvalue weighted by Crippen LogP contribution is -2.33. The Kier molecular flexibility index (Phi) is 4.25. The van der Waals surface area contributed by atoms with Crippen LogP contribution in [0.5, 0.6) is 0 Å². The van der Waals surface area contributed by atoms with Crippen LogP contribution in [0.1, 0.15) is 11.1 Å². The van der Waals surface area contributed by atoms with Crippen LogP contribution in [0, 0.1) is 0 Å². The Hall–Kier alpha value is -2.28. The third-order valence-electron chi connectivity index (χ3n) is 4.26. The summed E-state index contributed by atoms with van der Waals surface area (Å²) in [5.74, 6) is 4.17. The molecule has 2 aliphatic heterocycles. The Morgan fingerprint density at radius 3 is 2.96 bits per heavy atom. The molecule has 0 bridgehead atoms. The highest BCUT2D eigenvalue weighted by Crippen LogP contribution is 2.24. The number of anilines is 3. The lowest BCUT2D eigenvalue weighted by atomic mass is 10.1. The van der Waals surface area contributed by atoms with Gasteiger partial charge in [0.1, 0.15) is 18.0 Å². The molecule has 1 amide bonds. The Balaban J connectivity index is 1.42. The molecule has 1 aromatic heterocycles. The lowest BCUT2D eigenvalue weighted by molar-refractivity contribution is -0.115. The van der Waals surface area contributed by atoms with Gasteiger partial charge in [0, 0.05) is 42.9 Å². The van der Waals surface area contributed by atoms with Crippen LogP contribution in [-0.4, -0.2) is 40.5 Å². The molecular weight excluding hydrogens is 322 g/mol. The molecule has 0 atom stereocenters. The van der Waals surface area contributed by atoms with Crippen molar-refractivity contribution in [3.8, 4) is 0 Å². The van der Waals surface area contributed by atoms with Gasteiger partial charge in [0.15, 0.2) is 0 Å². The first-order valence-corrected chi connectivity index (χ1v) is 9.24. The topological polar surface area (TPSA) is 70.2 Å². The quantitative estimate of drug-likeness (QED) is 0.888. The summed E-state index contributed by atoms with van der Waals surface area (Å²) in [6.45, 7) is 2.74. The largest absolute Gasteiger partial charge is 0.366 e. The molecule has 6 nitrogen and oxygen atoms in total. The van der Waals surface area contributed by atoms with Crippen LogP contribution >= 0.6 is 11.8 Å². The molecule has 7 heteroatoms. The van der Waals surface area contributed by atoms with Crippen LogP contribution < -0.4 is 15.5 Å². The van der Waals surface area contributed by atoms with E-state index in [0.717, 1.165) is 53.0 Å². The predicted molar refractivity (Wildman–Crippen MR) is 97.7 cm³/mol.